The molecule has 0 aromatic rings. The minimum atomic E-state index is 1.24. The molecule has 1 aliphatic heterocycles. The summed E-state index contributed by atoms with van der Waals surface area (Å²) in [5.41, 5.74) is 0. The quantitative estimate of drug-likeness (QED) is 0.595. The largest absolute Gasteiger partial charge is 0.317 e. The van der Waals surface area contributed by atoms with Crippen LogP contribution < -0.4 is 5.32 Å². The van der Waals surface area contributed by atoms with Crippen molar-refractivity contribution in [3.8, 4) is 0 Å². The van der Waals surface area contributed by atoms with E-state index in [1.54, 1.807) is 0 Å². The van der Waals surface area contributed by atoms with Crippen LogP contribution in [0.4, 0.5) is 0 Å². The van der Waals surface area contributed by atoms with Crippen molar-refractivity contribution < 1.29 is 0 Å². The third-order valence-corrected chi connectivity index (χ3v) is 3.62. The van der Waals surface area contributed by atoms with Gasteiger partial charge in [0, 0.05) is 0 Å². The summed E-state index contributed by atoms with van der Waals surface area (Å²) >= 11 is 0. The van der Waals surface area contributed by atoms with Gasteiger partial charge in [-0.2, -0.15) is 0 Å². The van der Waals surface area contributed by atoms with Crippen LogP contribution in [0.1, 0.15) is 77.0 Å². The minimum Gasteiger partial charge on any atom is -0.317 e. The third kappa shape index (κ3) is 10.6. The van der Waals surface area contributed by atoms with E-state index in [1.165, 1.54) is 90.1 Å². The lowest BCUT2D eigenvalue weighted by Crippen LogP contribution is -2.16. The van der Waals surface area contributed by atoms with Crippen molar-refractivity contribution in [2.45, 2.75) is 77.0 Å². The van der Waals surface area contributed by atoms with Crippen molar-refractivity contribution in [3.63, 3.8) is 0 Å². The standard InChI is InChI=1S/C16H31N/c1-2-4-6-8-10-12-14-16-17-15-13-11-9-7-5-3-1/h1-2,17H,3-16H2/b2-1+. The lowest BCUT2D eigenvalue weighted by Gasteiger charge is -2.04. The number of hydrogen-bond acceptors (Lipinski definition) is 1. The lowest BCUT2D eigenvalue weighted by molar-refractivity contribution is 0.549. The predicted molar refractivity (Wildman–Crippen MR) is 77.4 cm³/mol. The first-order chi connectivity index (χ1) is 8.50. The zero-order valence-electron chi connectivity index (χ0n) is 11.6. The maximum absolute atomic E-state index is 3.57. The Bertz CT molecular complexity index is 156. The Hall–Kier alpha value is -0.300. The fourth-order valence-electron chi connectivity index (χ4n) is 2.45. The molecular weight excluding hydrogens is 206 g/mol. The molecule has 0 atom stereocenters. The molecule has 0 saturated carbocycles. The van der Waals surface area contributed by atoms with Gasteiger partial charge >= 0.3 is 0 Å². The van der Waals surface area contributed by atoms with Crippen LogP contribution in [-0.2, 0) is 0 Å². The van der Waals surface area contributed by atoms with Crippen LogP contribution in [0.25, 0.3) is 0 Å². The topological polar surface area (TPSA) is 12.0 Å². The molecule has 0 saturated heterocycles. The van der Waals surface area contributed by atoms with Gasteiger partial charge < -0.3 is 5.32 Å². The molecule has 100 valence electrons. The van der Waals surface area contributed by atoms with Gasteiger partial charge in [0.1, 0.15) is 0 Å². The van der Waals surface area contributed by atoms with Crippen LogP contribution in [0, 0.1) is 0 Å². The highest BCUT2D eigenvalue weighted by atomic mass is 14.8. The summed E-state index contributed by atoms with van der Waals surface area (Å²) in [7, 11) is 0. The number of hydrogen-bond donors (Lipinski definition) is 1. The summed E-state index contributed by atoms with van der Waals surface area (Å²) < 4.78 is 0. The number of rotatable bonds is 0. The van der Waals surface area contributed by atoms with E-state index in [4.69, 9.17) is 0 Å². The third-order valence-electron chi connectivity index (χ3n) is 3.62. The Morgan fingerprint density at radius 3 is 1.41 bits per heavy atom. The summed E-state index contributed by atoms with van der Waals surface area (Å²) in [6.45, 7) is 2.47. The van der Waals surface area contributed by atoms with Gasteiger partial charge in [0.15, 0.2) is 0 Å². The van der Waals surface area contributed by atoms with Crippen molar-refractivity contribution in [3.05, 3.63) is 12.2 Å². The first-order valence-corrected chi connectivity index (χ1v) is 7.86. The number of nitrogens with one attached hydrogen (secondary N) is 1. The first kappa shape index (κ1) is 14.8. The van der Waals surface area contributed by atoms with Gasteiger partial charge in [-0.3, -0.25) is 0 Å². The van der Waals surface area contributed by atoms with Gasteiger partial charge in [-0.25, -0.2) is 0 Å². The molecule has 0 aliphatic carbocycles. The van der Waals surface area contributed by atoms with Crippen LogP contribution >= 0.6 is 0 Å². The van der Waals surface area contributed by atoms with Crippen molar-refractivity contribution >= 4 is 0 Å². The second kappa shape index (κ2) is 12.2. The average Bonchev–Trinajstić information content (AvgIpc) is 2.35. The van der Waals surface area contributed by atoms with E-state index < -0.39 is 0 Å². The van der Waals surface area contributed by atoms with E-state index in [9.17, 15) is 0 Å². The molecule has 0 spiro atoms. The zero-order valence-corrected chi connectivity index (χ0v) is 11.6. The minimum absolute atomic E-state index is 1.24. The van der Waals surface area contributed by atoms with E-state index in [1.807, 2.05) is 0 Å². The van der Waals surface area contributed by atoms with Crippen molar-refractivity contribution in [1.82, 2.24) is 5.32 Å². The molecule has 1 heterocycles. The summed E-state index contributed by atoms with van der Waals surface area (Å²) in [5, 5.41) is 3.57. The second-order valence-corrected chi connectivity index (χ2v) is 5.33. The fraction of sp³-hybridized carbons (Fsp3) is 0.875. The van der Waals surface area contributed by atoms with Crippen molar-refractivity contribution in [2.75, 3.05) is 13.1 Å². The Morgan fingerprint density at radius 1 is 0.471 bits per heavy atom. The molecule has 0 radical (unpaired) electrons. The van der Waals surface area contributed by atoms with Crippen LogP contribution in [0.3, 0.4) is 0 Å². The van der Waals surface area contributed by atoms with Crippen LogP contribution in [0.5, 0.6) is 0 Å². The molecule has 1 aliphatic rings. The van der Waals surface area contributed by atoms with Crippen LogP contribution in [-0.4, -0.2) is 13.1 Å². The zero-order chi connectivity index (χ0) is 12.0. The molecule has 1 rings (SSSR count). The molecule has 17 heavy (non-hydrogen) atoms. The smallest absolute Gasteiger partial charge is 0.00489 e. The highest BCUT2D eigenvalue weighted by Crippen LogP contribution is 2.08. The van der Waals surface area contributed by atoms with Gasteiger partial charge in [0.2, 0.25) is 0 Å². The van der Waals surface area contributed by atoms with E-state index in [0.717, 1.165) is 0 Å². The average molecular weight is 237 g/mol. The lowest BCUT2D eigenvalue weighted by atomic mass is 10.1. The van der Waals surface area contributed by atoms with Gasteiger partial charge in [0.25, 0.3) is 0 Å². The molecule has 0 amide bonds. The van der Waals surface area contributed by atoms with Gasteiger partial charge in [-0.05, 0) is 51.6 Å². The SMILES string of the molecule is C1=C/CCCCCCCNCCCCCCC/1. The van der Waals surface area contributed by atoms with E-state index in [0.29, 0.717) is 0 Å². The summed E-state index contributed by atoms with van der Waals surface area (Å²) in [4.78, 5) is 0. The predicted octanol–water partition coefficient (Wildman–Crippen LogP) is 4.83. The normalized spacial score (nSPS) is 24.9. The molecule has 0 aromatic heterocycles. The van der Waals surface area contributed by atoms with Crippen LogP contribution in [0.2, 0.25) is 0 Å². The molecule has 1 nitrogen and oxygen atoms in total. The molecule has 0 aromatic carbocycles. The van der Waals surface area contributed by atoms with Gasteiger partial charge in [-0.15, -0.1) is 0 Å². The summed E-state index contributed by atoms with van der Waals surface area (Å²) in [5.74, 6) is 0. The first-order valence-electron chi connectivity index (χ1n) is 7.86. The summed E-state index contributed by atoms with van der Waals surface area (Å²) in [6, 6.07) is 0. The molecule has 0 fully saturated rings. The molecule has 0 bridgehead atoms. The van der Waals surface area contributed by atoms with Gasteiger partial charge in [0.05, 0.1) is 0 Å². The fourth-order valence-corrected chi connectivity index (χ4v) is 2.45. The van der Waals surface area contributed by atoms with E-state index in [2.05, 4.69) is 17.5 Å². The van der Waals surface area contributed by atoms with Crippen molar-refractivity contribution in [2.24, 2.45) is 0 Å². The maximum Gasteiger partial charge on any atom is -0.00489 e. The maximum atomic E-state index is 3.57. The molecule has 1 heteroatoms. The Labute approximate surface area is 108 Å². The van der Waals surface area contributed by atoms with Gasteiger partial charge in [-0.1, -0.05) is 50.7 Å². The van der Waals surface area contributed by atoms with Crippen LogP contribution in [0.15, 0.2) is 12.2 Å². The Balaban J connectivity index is 2.07. The van der Waals surface area contributed by atoms with Crippen molar-refractivity contribution in [1.29, 1.82) is 0 Å². The molecule has 1 N–H and O–H groups in total. The number of allylic oxidation sites excluding steroid dienone is 2. The highest BCUT2D eigenvalue weighted by Gasteiger charge is 1.93. The Kier molecular flexibility index (Phi) is 10.6. The molecular formula is C16H31N. The Morgan fingerprint density at radius 2 is 0.882 bits per heavy atom. The summed E-state index contributed by atoms with van der Waals surface area (Å²) in [6.07, 6.45) is 21.5. The highest BCUT2D eigenvalue weighted by molar-refractivity contribution is 4.81. The monoisotopic (exact) mass is 237 g/mol. The second-order valence-electron chi connectivity index (χ2n) is 5.33. The van der Waals surface area contributed by atoms with E-state index in [-0.39, 0.29) is 0 Å². The van der Waals surface area contributed by atoms with E-state index >= 15 is 0 Å². The molecule has 0 unspecified atom stereocenters.